The number of para-hydroxylation sites is 1. The van der Waals surface area contributed by atoms with Crippen LogP contribution in [0.15, 0.2) is 65.7 Å². The summed E-state index contributed by atoms with van der Waals surface area (Å²) in [5, 5.41) is 2.68. The Morgan fingerprint density at radius 3 is 2.47 bits per heavy atom. The molecule has 4 atom stereocenters. The molecular formula is C22H19N3O5. The van der Waals surface area contributed by atoms with Crippen LogP contribution in [-0.2, 0) is 25.7 Å². The van der Waals surface area contributed by atoms with Gasteiger partial charge in [0.25, 0.3) is 0 Å². The first kappa shape index (κ1) is 18.5. The van der Waals surface area contributed by atoms with E-state index in [9.17, 15) is 14.4 Å². The SMILES string of the molecule is CC1=N[C@H]2O[C@]1(NC(=O)OCc1ccccc1)[C@H]1C(=O)N(c3ccccc3)C(=O)[C@@H]21. The monoisotopic (exact) mass is 405 g/mol. The minimum Gasteiger partial charge on any atom is -0.445 e. The largest absolute Gasteiger partial charge is 0.445 e. The van der Waals surface area contributed by atoms with Crippen LogP contribution in [0.2, 0.25) is 0 Å². The lowest BCUT2D eigenvalue weighted by atomic mass is 9.83. The summed E-state index contributed by atoms with van der Waals surface area (Å²) in [4.78, 5) is 44.4. The van der Waals surface area contributed by atoms with Crippen LogP contribution in [0.25, 0.3) is 0 Å². The predicted octanol–water partition coefficient (Wildman–Crippen LogP) is 2.25. The molecule has 3 aliphatic rings. The Labute approximate surface area is 172 Å². The summed E-state index contributed by atoms with van der Waals surface area (Å²) in [7, 11) is 0. The molecule has 2 saturated heterocycles. The van der Waals surface area contributed by atoms with E-state index in [1.807, 2.05) is 30.3 Å². The Balaban J connectivity index is 1.39. The molecule has 8 heteroatoms. The summed E-state index contributed by atoms with van der Waals surface area (Å²) in [6.45, 7) is 1.75. The summed E-state index contributed by atoms with van der Waals surface area (Å²) >= 11 is 0. The van der Waals surface area contributed by atoms with Gasteiger partial charge in [-0.25, -0.2) is 9.69 Å². The smallest absolute Gasteiger partial charge is 0.410 e. The molecule has 0 saturated carbocycles. The molecule has 3 amide bonds. The second-order valence-electron chi connectivity index (χ2n) is 7.50. The fourth-order valence-corrected chi connectivity index (χ4v) is 4.39. The number of ether oxygens (including phenoxy) is 2. The highest BCUT2D eigenvalue weighted by Crippen LogP contribution is 2.51. The van der Waals surface area contributed by atoms with Gasteiger partial charge in [-0.15, -0.1) is 0 Å². The third-order valence-corrected chi connectivity index (χ3v) is 5.78. The quantitative estimate of drug-likeness (QED) is 0.787. The Bertz CT molecular complexity index is 1050. The first-order chi connectivity index (χ1) is 14.5. The third kappa shape index (κ3) is 2.64. The number of benzene rings is 2. The molecule has 8 nitrogen and oxygen atoms in total. The molecule has 2 bridgehead atoms. The maximum absolute atomic E-state index is 13.3. The Morgan fingerprint density at radius 1 is 1.10 bits per heavy atom. The van der Waals surface area contributed by atoms with Crippen molar-refractivity contribution >= 4 is 29.3 Å². The number of amides is 3. The van der Waals surface area contributed by atoms with E-state index in [-0.39, 0.29) is 12.5 Å². The number of hydrogen-bond acceptors (Lipinski definition) is 6. The van der Waals surface area contributed by atoms with E-state index in [1.54, 1.807) is 37.3 Å². The fraction of sp³-hybridized carbons (Fsp3) is 0.273. The number of hydrogen-bond donors (Lipinski definition) is 1. The number of nitrogens with zero attached hydrogens (tertiary/aromatic N) is 2. The number of rotatable bonds is 4. The topological polar surface area (TPSA) is 97.3 Å². The first-order valence-electron chi connectivity index (χ1n) is 9.66. The van der Waals surface area contributed by atoms with Gasteiger partial charge in [0.05, 0.1) is 11.4 Å². The Morgan fingerprint density at radius 2 is 1.77 bits per heavy atom. The Hall–Kier alpha value is -3.52. The van der Waals surface area contributed by atoms with E-state index < -0.39 is 35.8 Å². The molecule has 1 N–H and O–H groups in total. The highest BCUT2D eigenvalue weighted by Gasteiger charge is 2.72. The average Bonchev–Trinajstić information content (AvgIpc) is 3.34. The molecular weight excluding hydrogens is 386 g/mol. The molecule has 0 unspecified atom stereocenters. The first-order valence-corrected chi connectivity index (χ1v) is 9.66. The number of aliphatic imine (C=N–C) groups is 1. The maximum Gasteiger partial charge on any atom is 0.410 e. The predicted molar refractivity (Wildman–Crippen MR) is 106 cm³/mol. The van der Waals surface area contributed by atoms with Crippen LogP contribution >= 0.6 is 0 Å². The molecule has 2 aromatic carbocycles. The zero-order chi connectivity index (χ0) is 20.9. The number of fused-ring (bicyclic) bond motifs is 5. The van der Waals surface area contributed by atoms with Gasteiger partial charge in [-0.05, 0) is 24.6 Å². The van der Waals surface area contributed by atoms with E-state index >= 15 is 0 Å². The minimum absolute atomic E-state index is 0.0689. The molecule has 2 fully saturated rings. The molecule has 0 spiro atoms. The van der Waals surface area contributed by atoms with Gasteiger partial charge >= 0.3 is 6.09 Å². The summed E-state index contributed by atoms with van der Waals surface area (Å²) in [6, 6.07) is 17.9. The number of nitrogens with one attached hydrogen (secondary N) is 1. The lowest BCUT2D eigenvalue weighted by Crippen LogP contribution is -2.59. The number of imide groups is 1. The van der Waals surface area contributed by atoms with Gasteiger partial charge in [0, 0.05) is 0 Å². The lowest BCUT2D eigenvalue weighted by molar-refractivity contribution is -0.127. The average molecular weight is 405 g/mol. The van der Waals surface area contributed by atoms with Crippen molar-refractivity contribution in [2.45, 2.75) is 25.5 Å². The normalized spacial score (nSPS) is 29.0. The van der Waals surface area contributed by atoms with Gasteiger partial charge in [0.15, 0.2) is 12.0 Å². The number of carbonyl (C=O) groups is 3. The molecule has 3 aliphatic heterocycles. The standard InChI is InChI=1S/C22H19N3O5/c1-13-22(24-21(28)29-12-14-8-4-2-5-9-14)17-16(18(23-13)30-22)19(26)25(20(17)27)15-10-6-3-7-11-15/h2-11,16-18H,12H2,1H3,(H,24,28)/t16-,17-,18+,22+/m1/s1. The van der Waals surface area contributed by atoms with Crippen molar-refractivity contribution in [3.8, 4) is 0 Å². The van der Waals surface area contributed by atoms with Gasteiger partial charge in [0.2, 0.25) is 11.8 Å². The Kier molecular flexibility index (Phi) is 4.18. The number of alkyl carbamates (subject to hydrolysis) is 1. The van der Waals surface area contributed by atoms with Gasteiger partial charge in [-0.1, -0.05) is 48.5 Å². The molecule has 30 heavy (non-hydrogen) atoms. The molecule has 2 aromatic rings. The van der Waals surface area contributed by atoms with Crippen molar-refractivity contribution in [3.05, 3.63) is 66.2 Å². The molecule has 0 aliphatic carbocycles. The van der Waals surface area contributed by atoms with Crippen LogP contribution in [-0.4, -0.2) is 35.6 Å². The van der Waals surface area contributed by atoms with Crippen molar-refractivity contribution in [2.24, 2.45) is 16.8 Å². The molecule has 152 valence electrons. The highest BCUT2D eigenvalue weighted by molar-refractivity contribution is 6.25. The van der Waals surface area contributed by atoms with Gasteiger partial charge in [-0.3, -0.25) is 19.9 Å². The zero-order valence-electron chi connectivity index (χ0n) is 16.1. The van der Waals surface area contributed by atoms with E-state index in [0.29, 0.717) is 11.4 Å². The van der Waals surface area contributed by atoms with E-state index in [0.717, 1.165) is 10.5 Å². The van der Waals surface area contributed by atoms with Crippen LogP contribution in [0.5, 0.6) is 0 Å². The van der Waals surface area contributed by atoms with Crippen molar-refractivity contribution in [3.63, 3.8) is 0 Å². The summed E-state index contributed by atoms with van der Waals surface area (Å²) in [5.41, 5.74) is 0.272. The van der Waals surface area contributed by atoms with Crippen LogP contribution < -0.4 is 10.2 Å². The highest BCUT2D eigenvalue weighted by atomic mass is 16.6. The van der Waals surface area contributed by atoms with Crippen LogP contribution in [0.4, 0.5) is 10.5 Å². The van der Waals surface area contributed by atoms with E-state index in [1.165, 1.54) is 0 Å². The second-order valence-corrected chi connectivity index (χ2v) is 7.50. The number of carbonyl (C=O) groups excluding carboxylic acids is 3. The van der Waals surface area contributed by atoms with Crippen molar-refractivity contribution in [1.82, 2.24) is 5.32 Å². The van der Waals surface area contributed by atoms with Crippen LogP contribution in [0, 0.1) is 11.8 Å². The lowest BCUT2D eigenvalue weighted by Gasteiger charge is -2.31. The van der Waals surface area contributed by atoms with Gasteiger partial charge in [-0.2, -0.15) is 0 Å². The van der Waals surface area contributed by atoms with Crippen molar-refractivity contribution in [1.29, 1.82) is 0 Å². The van der Waals surface area contributed by atoms with Crippen LogP contribution in [0.3, 0.4) is 0 Å². The van der Waals surface area contributed by atoms with Gasteiger partial charge < -0.3 is 9.47 Å². The van der Waals surface area contributed by atoms with E-state index in [2.05, 4.69) is 10.3 Å². The number of anilines is 1. The summed E-state index contributed by atoms with van der Waals surface area (Å²) < 4.78 is 11.2. The molecule has 0 aromatic heterocycles. The summed E-state index contributed by atoms with van der Waals surface area (Å²) in [5.74, 6) is -2.47. The third-order valence-electron chi connectivity index (χ3n) is 5.78. The fourth-order valence-electron chi connectivity index (χ4n) is 4.39. The molecule has 3 heterocycles. The van der Waals surface area contributed by atoms with E-state index in [4.69, 9.17) is 9.47 Å². The van der Waals surface area contributed by atoms with Crippen molar-refractivity contribution in [2.75, 3.05) is 4.90 Å². The zero-order valence-corrected chi connectivity index (χ0v) is 16.1. The van der Waals surface area contributed by atoms with Crippen LogP contribution in [0.1, 0.15) is 12.5 Å². The maximum atomic E-state index is 13.3. The van der Waals surface area contributed by atoms with Gasteiger partial charge in [0.1, 0.15) is 18.4 Å². The second kappa shape index (κ2) is 6.77. The summed E-state index contributed by atoms with van der Waals surface area (Å²) in [6.07, 6.45) is -1.55. The minimum atomic E-state index is -1.49. The molecule has 0 radical (unpaired) electrons. The molecule has 5 rings (SSSR count). The van der Waals surface area contributed by atoms with Crippen molar-refractivity contribution < 1.29 is 23.9 Å².